The van der Waals surface area contributed by atoms with Gasteiger partial charge in [-0.25, -0.2) is 0 Å². The minimum atomic E-state index is 0.174. The average Bonchev–Trinajstić information content (AvgIpc) is 2.30. The number of aromatic hydroxyl groups is 1. The monoisotopic (exact) mass is 232 g/mol. The predicted molar refractivity (Wildman–Crippen MR) is 70.7 cm³/mol. The van der Waals surface area contributed by atoms with Crippen LogP contribution in [0.15, 0.2) is 23.2 Å². The zero-order valence-corrected chi connectivity index (χ0v) is 10.3. The van der Waals surface area contributed by atoms with Crippen LogP contribution >= 0.6 is 0 Å². The maximum absolute atomic E-state index is 9.76. The molecule has 1 aromatic rings. The van der Waals surface area contributed by atoms with Gasteiger partial charge in [0.2, 0.25) is 0 Å². The molecule has 1 aliphatic carbocycles. The van der Waals surface area contributed by atoms with E-state index < -0.39 is 0 Å². The number of benzene rings is 1. The summed E-state index contributed by atoms with van der Waals surface area (Å²) in [5.74, 6) is 0.290. The molecule has 3 N–H and O–H groups in total. The minimum Gasteiger partial charge on any atom is -0.507 e. The summed E-state index contributed by atoms with van der Waals surface area (Å²) >= 11 is 0. The van der Waals surface area contributed by atoms with Crippen molar-refractivity contribution >= 4 is 6.21 Å². The van der Waals surface area contributed by atoms with E-state index in [1.165, 1.54) is 12.8 Å². The largest absolute Gasteiger partial charge is 0.507 e. The Bertz CT molecular complexity index is 415. The second-order valence-corrected chi connectivity index (χ2v) is 4.86. The molecule has 0 bridgehead atoms. The highest BCUT2D eigenvalue weighted by Gasteiger charge is 2.20. The normalized spacial score (nSPS) is 25.3. The molecule has 0 saturated heterocycles. The summed E-state index contributed by atoms with van der Waals surface area (Å²) in [7, 11) is 0. The van der Waals surface area contributed by atoms with Crippen LogP contribution < -0.4 is 5.73 Å². The van der Waals surface area contributed by atoms with E-state index in [0.29, 0.717) is 0 Å². The number of aliphatic imine (C=N–C) groups is 1. The van der Waals surface area contributed by atoms with Gasteiger partial charge in [0.15, 0.2) is 0 Å². The van der Waals surface area contributed by atoms with Gasteiger partial charge >= 0.3 is 0 Å². The van der Waals surface area contributed by atoms with Crippen molar-refractivity contribution in [1.29, 1.82) is 0 Å². The smallest absolute Gasteiger partial charge is 0.124 e. The number of rotatable bonds is 2. The Hall–Kier alpha value is -1.35. The molecule has 17 heavy (non-hydrogen) atoms. The van der Waals surface area contributed by atoms with Crippen LogP contribution in [0.3, 0.4) is 0 Å². The van der Waals surface area contributed by atoms with Crippen LogP contribution in [0.5, 0.6) is 5.75 Å². The van der Waals surface area contributed by atoms with Gasteiger partial charge in [0.05, 0.1) is 6.04 Å². The number of nitrogens with two attached hydrogens (primary N) is 1. The van der Waals surface area contributed by atoms with E-state index in [2.05, 4.69) is 4.99 Å². The lowest BCUT2D eigenvalue weighted by Gasteiger charge is -2.24. The maximum Gasteiger partial charge on any atom is 0.124 e. The Labute approximate surface area is 102 Å². The first-order valence-corrected chi connectivity index (χ1v) is 6.25. The van der Waals surface area contributed by atoms with Crippen molar-refractivity contribution in [3.63, 3.8) is 0 Å². The third-order valence-electron chi connectivity index (χ3n) is 3.37. The molecule has 0 heterocycles. The third kappa shape index (κ3) is 3.07. The molecule has 2 rings (SSSR count). The fraction of sp³-hybridized carbons (Fsp3) is 0.500. The van der Waals surface area contributed by atoms with Gasteiger partial charge in [-0.2, -0.15) is 0 Å². The van der Waals surface area contributed by atoms with Gasteiger partial charge in [-0.05, 0) is 37.5 Å². The molecule has 1 aromatic carbocycles. The Balaban J connectivity index is 2.08. The van der Waals surface area contributed by atoms with Crippen molar-refractivity contribution < 1.29 is 5.11 Å². The van der Waals surface area contributed by atoms with Crippen LogP contribution in [0.2, 0.25) is 0 Å². The summed E-state index contributed by atoms with van der Waals surface area (Å²) in [6.07, 6.45) is 6.29. The van der Waals surface area contributed by atoms with Crippen molar-refractivity contribution in [2.75, 3.05) is 0 Å². The lowest BCUT2D eigenvalue weighted by molar-refractivity contribution is 0.387. The average molecular weight is 232 g/mol. The molecule has 0 amide bonds. The number of aryl methyl sites for hydroxylation is 1. The first kappa shape index (κ1) is 12.1. The molecule has 1 saturated carbocycles. The van der Waals surface area contributed by atoms with Crippen molar-refractivity contribution in [3.05, 3.63) is 29.3 Å². The molecular formula is C14H20N2O. The van der Waals surface area contributed by atoms with Crippen molar-refractivity contribution in [3.8, 4) is 5.75 Å². The van der Waals surface area contributed by atoms with Gasteiger partial charge in [-0.15, -0.1) is 0 Å². The molecule has 3 nitrogen and oxygen atoms in total. The zero-order valence-electron chi connectivity index (χ0n) is 10.3. The molecule has 0 spiro atoms. The van der Waals surface area contributed by atoms with E-state index in [-0.39, 0.29) is 17.8 Å². The quantitative estimate of drug-likeness (QED) is 0.769. The van der Waals surface area contributed by atoms with Crippen LogP contribution in [-0.4, -0.2) is 23.4 Å². The number of phenolic OH excluding ortho intramolecular Hbond substituents is 1. The number of phenols is 1. The van der Waals surface area contributed by atoms with Gasteiger partial charge in [0.1, 0.15) is 5.75 Å². The highest BCUT2D eigenvalue weighted by molar-refractivity contribution is 5.83. The second kappa shape index (κ2) is 5.32. The molecule has 3 heteroatoms. The summed E-state index contributed by atoms with van der Waals surface area (Å²) in [5.41, 5.74) is 7.85. The summed E-state index contributed by atoms with van der Waals surface area (Å²) in [5, 5.41) is 9.76. The van der Waals surface area contributed by atoms with Crippen molar-refractivity contribution in [1.82, 2.24) is 0 Å². The second-order valence-electron chi connectivity index (χ2n) is 4.86. The van der Waals surface area contributed by atoms with Crippen LogP contribution in [-0.2, 0) is 0 Å². The zero-order chi connectivity index (χ0) is 12.3. The van der Waals surface area contributed by atoms with E-state index >= 15 is 0 Å². The molecule has 1 aliphatic rings. The van der Waals surface area contributed by atoms with Gasteiger partial charge in [0.25, 0.3) is 0 Å². The summed E-state index contributed by atoms with van der Waals surface area (Å²) in [4.78, 5) is 4.51. The Morgan fingerprint density at radius 3 is 2.82 bits per heavy atom. The van der Waals surface area contributed by atoms with E-state index in [0.717, 1.165) is 24.0 Å². The molecule has 2 atom stereocenters. The number of nitrogens with zero attached hydrogens (tertiary/aromatic N) is 1. The summed E-state index contributed by atoms with van der Waals surface area (Å²) in [6.45, 7) is 1.96. The van der Waals surface area contributed by atoms with Gasteiger partial charge in [-0.3, -0.25) is 4.99 Å². The number of hydrogen-bond acceptors (Lipinski definition) is 3. The Morgan fingerprint density at radius 1 is 1.35 bits per heavy atom. The third-order valence-corrected chi connectivity index (χ3v) is 3.37. The molecule has 1 unspecified atom stereocenters. The van der Waals surface area contributed by atoms with Crippen LogP contribution in [0.1, 0.15) is 36.8 Å². The first-order chi connectivity index (χ1) is 8.16. The van der Waals surface area contributed by atoms with Gasteiger partial charge < -0.3 is 10.8 Å². The molecule has 0 radical (unpaired) electrons. The minimum absolute atomic E-state index is 0.174. The van der Waals surface area contributed by atoms with Gasteiger partial charge in [0, 0.05) is 17.8 Å². The molecular weight excluding hydrogens is 212 g/mol. The molecule has 92 valence electrons. The molecule has 1 fully saturated rings. The van der Waals surface area contributed by atoms with E-state index in [1.54, 1.807) is 12.3 Å². The Morgan fingerprint density at radius 2 is 2.12 bits per heavy atom. The van der Waals surface area contributed by atoms with Crippen molar-refractivity contribution in [2.24, 2.45) is 10.7 Å². The summed E-state index contributed by atoms with van der Waals surface area (Å²) < 4.78 is 0. The van der Waals surface area contributed by atoms with E-state index in [4.69, 9.17) is 5.73 Å². The molecule has 0 aromatic heterocycles. The van der Waals surface area contributed by atoms with Gasteiger partial charge in [-0.1, -0.05) is 18.9 Å². The number of hydrogen-bond donors (Lipinski definition) is 2. The SMILES string of the molecule is Cc1ccc(C=N[C@H]2CCCCC2N)c(O)c1. The Kier molecular flexibility index (Phi) is 3.79. The lowest BCUT2D eigenvalue weighted by atomic mass is 9.91. The maximum atomic E-state index is 9.76. The highest BCUT2D eigenvalue weighted by atomic mass is 16.3. The first-order valence-electron chi connectivity index (χ1n) is 6.25. The van der Waals surface area contributed by atoms with E-state index in [1.807, 2.05) is 19.1 Å². The van der Waals surface area contributed by atoms with Crippen LogP contribution in [0.25, 0.3) is 0 Å². The standard InChI is InChI=1S/C14H20N2O/c1-10-6-7-11(14(17)8-10)9-16-13-5-3-2-4-12(13)15/h6-9,12-13,17H,2-5,15H2,1H3/t12?,13-/m0/s1. The van der Waals surface area contributed by atoms with E-state index in [9.17, 15) is 5.11 Å². The van der Waals surface area contributed by atoms with Crippen molar-refractivity contribution in [2.45, 2.75) is 44.7 Å². The predicted octanol–water partition coefficient (Wildman–Crippen LogP) is 2.39. The van der Waals surface area contributed by atoms with Crippen LogP contribution in [0.4, 0.5) is 0 Å². The fourth-order valence-corrected chi connectivity index (χ4v) is 2.26. The topological polar surface area (TPSA) is 58.6 Å². The fourth-order valence-electron chi connectivity index (χ4n) is 2.26. The molecule has 0 aliphatic heterocycles. The lowest BCUT2D eigenvalue weighted by Crippen LogP contribution is -2.36. The summed E-state index contributed by atoms with van der Waals surface area (Å²) in [6, 6.07) is 6.00. The highest BCUT2D eigenvalue weighted by Crippen LogP contribution is 2.21. The van der Waals surface area contributed by atoms with Crippen LogP contribution in [0, 0.1) is 6.92 Å².